The zero-order valence-corrected chi connectivity index (χ0v) is 14.1. The molecule has 26 heavy (non-hydrogen) atoms. The number of nitrogens with one attached hydrogen (secondary N) is 1. The van der Waals surface area contributed by atoms with Gasteiger partial charge in [-0.15, -0.1) is 0 Å². The Morgan fingerprint density at radius 2 is 2.04 bits per heavy atom. The predicted molar refractivity (Wildman–Crippen MR) is 82.1 cm³/mol. The van der Waals surface area contributed by atoms with Crippen LogP contribution in [0.3, 0.4) is 0 Å². The molecule has 0 fully saturated rings. The van der Waals surface area contributed by atoms with Crippen molar-refractivity contribution in [2.75, 3.05) is 0 Å². The molecule has 0 aromatic carbocycles. The fourth-order valence-electron chi connectivity index (χ4n) is 2.47. The van der Waals surface area contributed by atoms with Gasteiger partial charge >= 0.3 is 6.18 Å². The number of rotatable bonds is 4. The van der Waals surface area contributed by atoms with Gasteiger partial charge in [-0.05, 0) is 18.9 Å². The number of halogens is 3. The SMILES string of the molecule is Cc1cc(C(F)(F)F)n2nc(C(=O)NC(c3ncon3)C(C)C)cc2n1. The zero-order valence-electron chi connectivity index (χ0n) is 14.1. The number of carbonyl (C=O) groups excluding carboxylic acids is 1. The molecule has 1 unspecified atom stereocenters. The van der Waals surface area contributed by atoms with Crippen LogP contribution in [0, 0.1) is 12.8 Å². The van der Waals surface area contributed by atoms with Crippen molar-refractivity contribution in [2.45, 2.75) is 33.0 Å². The van der Waals surface area contributed by atoms with E-state index >= 15 is 0 Å². The van der Waals surface area contributed by atoms with E-state index in [-0.39, 0.29) is 28.8 Å². The van der Waals surface area contributed by atoms with Gasteiger partial charge in [-0.1, -0.05) is 19.0 Å². The molecule has 0 radical (unpaired) electrons. The van der Waals surface area contributed by atoms with Gasteiger partial charge in [-0.2, -0.15) is 23.3 Å². The van der Waals surface area contributed by atoms with Crippen molar-refractivity contribution in [2.24, 2.45) is 5.92 Å². The molecule has 1 atom stereocenters. The molecule has 8 nitrogen and oxygen atoms in total. The van der Waals surface area contributed by atoms with Gasteiger partial charge in [0.2, 0.25) is 6.39 Å². The van der Waals surface area contributed by atoms with Gasteiger partial charge in [0.1, 0.15) is 5.69 Å². The molecule has 0 bridgehead atoms. The standard InChI is InChI=1S/C15H15F3N6O2/c1-7(2)12(13-19-6-26-23-13)21-14(25)9-5-11-20-8(3)4-10(15(16,17)18)24(11)22-9/h4-7,12H,1-3H3,(H,21,25). The molecular weight excluding hydrogens is 353 g/mol. The lowest BCUT2D eigenvalue weighted by Crippen LogP contribution is -2.32. The Kier molecular flexibility index (Phi) is 4.38. The van der Waals surface area contributed by atoms with Gasteiger partial charge in [-0.3, -0.25) is 4.79 Å². The summed E-state index contributed by atoms with van der Waals surface area (Å²) in [7, 11) is 0. The molecular formula is C15H15F3N6O2. The third kappa shape index (κ3) is 3.37. The molecule has 0 aliphatic carbocycles. The van der Waals surface area contributed by atoms with E-state index in [2.05, 4.69) is 30.1 Å². The average molecular weight is 368 g/mol. The molecule has 1 N–H and O–H groups in total. The first-order valence-electron chi connectivity index (χ1n) is 7.68. The maximum Gasteiger partial charge on any atom is 0.433 e. The predicted octanol–water partition coefficient (Wildman–Crippen LogP) is 2.57. The Balaban J connectivity index is 1.96. The molecule has 0 spiro atoms. The number of alkyl halides is 3. The van der Waals surface area contributed by atoms with E-state index < -0.39 is 23.8 Å². The molecule has 0 aliphatic heterocycles. The quantitative estimate of drug-likeness (QED) is 0.760. The fraction of sp³-hybridized carbons (Fsp3) is 0.400. The lowest BCUT2D eigenvalue weighted by atomic mass is 10.0. The Morgan fingerprint density at radius 3 is 2.62 bits per heavy atom. The van der Waals surface area contributed by atoms with E-state index in [0.717, 1.165) is 12.5 Å². The maximum absolute atomic E-state index is 13.2. The summed E-state index contributed by atoms with van der Waals surface area (Å²) in [6, 6.07) is 1.49. The minimum Gasteiger partial charge on any atom is -0.343 e. The van der Waals surface area contributed by atoms with Crippen LogP contribution < -0.4 is 5.32 Å². The number of nitrogens with zero attached hydrogens (tertiary/aromatic N) is 5. The van der Waals surface area contributed by atoms with Crippen molar-refractivity contribution in [3.63, 3.8) is 0 Å². The maximum atomic E-state index is 13.2. The second-order valence-corrected chi connectivity index (χ2v) is 6.06. The van der Waals surface area contributed by atoms with Crippen molar-refractivity contribution >= 4 is 11.6 Å². The second-order valence-electron chi connectivity index (χ2n) is 6.06. The number of aryl methyl sites for hydroxylation is 1. The van der Waals surface area contributed by atoms with Gasteiger partial charge in [0.15, 0.2) is 17.2 Å². The number of hydrogen-bond donors (Lipinski definition) is 1. The van der Waals surface area contributed by atoms with Gasteiger partial charge < -0.3 is 9.84 Å². The van der Waals surface area contributed by atoms with Crippen LogP contribution >= 0.6 is 0 Å². The third-order valence-corrected chi connectivity index (χ3v) is 3.69. The summed E-state index contributed by atoms with van der Waals surface area (Å²) in [5, 5.41) is 10.1. The lowest BCUT2D eigenvalue weighted by molar-refractivity contribution is -0.142. The molecule has 3 rings (SSSR count). The number of aromatic nitrogens is 5. The van der Waals surface area contributed by atoms with E-state index in [0.29, 0.717) is 4.52 Å². The molecule has 3 aromatic heterocycles. The van der Waals surface area contributed by atoms with Gasteiger partial charge in [0, 0.05) is 11.8 Å². The Bertz CT molecular complexity index is 933. The van der Waals surface area contributed by atoms with Gasteiger partial charge in [0.25, 0.3) is 5.91 Å². The van der Waals surface area contributed by atoms with Crippen LogP contribution in [0.15, 0.2) is 23.0 Å². The zero-order chi connectivity index (χ0) is 19.1. The van der Waals surface area contributed by atoms with E-state index in [1.807, 2.05) is 13.8 Å². The van der Waals surface area contributed by atoms with Gasteiger partial charge in [-0.25, -0.2) is 9.50 Å². The van der Waals surface area contributed by atoms with E-state index in [1.165, 1.54) is 13.0 Å². The lowest BCUT2D eigenvalue weighted by Gasteiger charge is -2.18. The smallest absolute Gasteiger partial charge is 0.343 e. The van der Waals surface area contributed by atoms with Crippen LogP contribution in [-0.2, 0) is 6.18 Å². The summed E-state index contributed by atoms with van der Waals surface area (Å²) in [5.41, 5.74) is -1.09. The van der Waals surface area contributed by atoms with Crippen LogP contribution in [0.25, 0.3) is 5.65 Å². The highest BCUT2D eigenvalue weighted by molar-refractivity contribution is 5.93. The number of carbonyl (C=O) groups is 1. The van der Waals surface area contributed by atoms with Crippen molar-refractivity contribution in [1.29, 1.82) is 0 Å². The molecule has 3 heterocycles. The highest BCUT2D eigenvalue weighted by Crippen LogP contribution is 2.30. The second kappa shape index (κ2) is 6.39. The Labute approximate surface area is 145 Å². The van der Waals surface area contributed by atoms with Crippen LogP contribution in [0.2, 0.25) is 0 Å². The van der Waals surface area contributed by atoms with Gasteiger partial charge in [0.05, 0.1) is 6.04 Å². The van der Waals surface area contributed by atoms with Crippen LogP contribution in [0.1, 0.15) is 47.6 Å². The first-order valence-corrected chi connectivity index (χ1v) is 7.68. The normalized spacial score (nSPS) is 13.3. The van der Waals surface area contributed by atoms with Crippen molar-refractivity contribution in [3.05, 3.63) is 41.4 Å². The number of hydrogen-bond acceptors (Lipinski definition) is 6. The summed E-state index contributed by atoms with van der Waals surface area (Å²) in [5.74, 6) is -0.480. The molecule has 3 aromatic rings. The molecule has 1 amide bonds. The minimum atomic E-state index is -4.63. The molecule has 0 saturated heterocycles. The van der Waals surface area contributed by atoms with E-state index in [1.54, 1.807) is 0 Å². The molecule has 138 valence electrons. The summed E-state index contributed by atoms with van der Waals surface area (Å²) < 4.78 is 44.9. The molecule has 11 heteroatoms. The Morgan fingerprint density at radius 1 is 1.31 bits per heavy atom. The van der Waals surface area contributed by atoms with Crippen molar-refractivity contribution < 1.29 is 22.5 Å². The highest BCUT2D eigenvalue weighted by Gasteiger charge is 2.35. The minimum absolute atomic E-state index is 0.0665. The number of amides is 1. The van der Waals surface area contributed by atoms with Crippen LogP contribution in [-0.4, -0.2) is 30.6 Å². The Hall–Kier alpha value is -2.98. The van der Waals surface area contributed by atoms with E-state index in [9.17, 15) is 18.0 Å². The highest BCUT2D eigenvalue weighted by atomic mass is 19.4. The summed E-state index contributed by atoms with van der Waals surface area (Å²) >= 11 is 0. The fourth-order valence-corrected chi connectivity index (χ4v) is 2.47. The van der Waals surface area contributed by atoms with Crippen LogP contribution in [0.4, 0.5) is 13.2 Å². The molecule has 0 aliphatic rings. The average Bonchev–Trinajstić information content (AvgIpc) is 3.19. The monoisotopic (exact) mass is 368 g/mol. The summed E-state index contributed by atoms with van der Waals surface area (Å²) in [6.45, 7) is 5.10. The first-order chi connectivity index (χ1) is 12.2. The third-order valence-electron chi connectivity index (χ3n) is 3.69. The topological polar surface area (TPSA) is 98.2 Å². The summed E-state index contributed by atoms with van der Waals surface area (Å²) in [6.07, 6.45) is -3.50. The van der Waals surface area contributed by atoms with Crippen LogP contribution in [0.5, 0.6) is 0 Å². The van der Waals surface area contributed by atoms with E-state index in [4.69, 9.17) is 0 Å². The summed E-state index contributed by atoms with van der Waals surface area (Å²) in [4.78, 5) is 20.4. The van der Waals surface area contributed by atoms with Crippen molar-refractivity contribution in [1.82, 2.24) is 30.1 Å². The largest absolute Gasteiger partial charge is 0.433 e. The first kappa shape index (κ1) is 17.8. The van der Waals surface area contributed by atoms with Crippen molar-refractivity contribution in [3.8, 4) is 0 Å². The molecule has 0 saturated carbocycles. The number of fused-ring (bicyclic) bond motifs is 1.